The highest BCUT2D eigenvalue weighted by Gasteiger charge is 2.09. The van der Waals surface area contributed by atoms with Crippen LogP contribution in [0.4, 0.5) is 0 Å². The second-order valence-corrected chi connectivity index (χ2v) is 5.67. The van der Waals surface area contributed by atoms with E-state index in [1.54, 1.807) is 0 Å². The maximum absolute atomic E-state index is 5.66. The number of rotatable bonds is 9. The van der Waals surface area contributed by atoms with Crippen molar-refractivity contribution in [3.05, 3.63) is 0 Å². The van der Waals surface area contributed by atoms with E-state index < -0.39 is 0 Å². The summed E-state index contributed by atoms with van der Waals surface area (Å²) in [5.74, 6) is 0. The minimum absolute atomic E-state index is 0.00789. The molecule has 0 aliphatic heterocycles. The third-order valence-electron chi connectivity index (χ3n) is 2.62. The molecule has 0 amide bonds. The van der Waals surface area contributed by atoms with Crippen molar-refractivity contribution >= 4 is 0 Å². The van der Waals surface area contributed by atoms with E-state index in [0.717, 1.165) is 13.2 Å². The number of unbranched alkanes of at least 4 members (excludes halogenated alkanes) is 3. The van der Waals surface area contributed by atoms with E-state index in [1.165, 1.54) is 32.1 Å². The van der Waals surface area contributed by atoms with Crippen molar-refractivity contribution in [1.82, 2.24) is 5.32 Å². The number of hydrogen-bond acceptors (Lipinski definition) is 2. The first-order chi connectivity index (χ1) is 7.45. The molecule has 0 heterocycles. The Hall–Kier alpha value is -0.0800. The zero-order valence-electron chi connectivity index (χ0n) is 11.9. The predicted molar refractivity (Wildman–Crippen MR) is 71.9 cm³/mol. The molecule has 16 heavy (non-hydrogen) atoms. The molecule has 0 spiro atoms. The largest absolute Gasteiger partial charge is 0.375 e. The first kappa shape index (κ1) is 15.9. The van der Waals surface area contributed by atoms with Crippen molar-refractivity contribution in [3.63, 3.8) is 0 Å². The van der Waals surface area contributed by atoms with Gasteiger partial charge in [0.25, 0.3) is 0 Å². The van der Waals surface area contributed by atoms with Gasteiger partial charge in [-0.3, -0.25) is 0 Å². The zero-order chi connectivity index (χ0) is 12.4. The van der Waals surface area contributed by atoms with E-state index in [4.69, 9.17) is 4.74 Å². The molecular weight excluding hydrogens is 198 g/mol. The molecule has 0 saturated heterocycles. The van der Waals surface area contributed by atoms with Gasteiger partial charge in [0.15, 0.2) is 0 Å². The lowest BCUT2D eigenvalue weighted by Gasteiger charge is -2.21. The van der Waals surface area contributed by atoms with E-state index >= 15 is 0 Å². The van der Waals surface area contributed by atoms with Gasteiger partial charge in [-0.25, -0.2) is 0 Å². The van der Waals surface area contributed by atoms with Gasteiger partial charge in [-0.05, 0) is 34.1 Å². The molecule has 1 atom stereocenters. The molecule has 1 N–H and O–H groups in total. The van der Waals surface area contributed by atoms with Gasteiger partial charge >= 0.3 is 0 Å². The van der Waals surface area contributed by atoms with Crippen LogP contribution in [0.1, 0.15) is 66.7 Å². The van der Waals surface area contributed by atoms with Crippen molar-refractivity contribution in [2.75, 3.05) is 13.2 Å². The normalized spacial score (nSPS) is 14.1. The first-order valence-corrected chi connectivity index (χ1v) is 6.83. The highest BCUT2D eigenvalue weighted by Crippen LogP contribution is 2.06. The minimum Gasteiger partial charge on any atom is -0.375 e. The van der Waals surface area contributed by atoms with Gasteiger partial charge in [-0.1, -0.05) is 32.6 Å². The standard InChI is InChI=1S/C14H31NO/c1-6-7-8-9-10-13(2)15-11-12-16-14(3,4)5/h13,15H,6-12H2,1-5H3. The molecule has 2 heteroatoms. The van der Waals surface area contributed by atoms with Crippen LogP contribution in [-0.2, 0) is 4.74 Å². The molecule has 0 aromatic rings. The van der Waals surface area contributed by atoms with E-state index in [2.05, 4.69) is 39.9 Å². The minimum atomic E-state index is -0.00789. The van der Waals surface area contributed by atoms with Gasteiger partial charge in [-0.2, -0.15) is 0 Å². The average molecular weight is 229 g/mol. The van der Waals surface area contributed by atoms with Crippen molar-refractivity contribution < 1.29 is 4.74 Å². The Labute approximate surface area is 102 Å². The number of ether oxygens (including phenoxy) is 1. The molecule has 0 radical (unpaired) electrons. The lowest BCUT2D eigenvalue weighted by molar-refractivity contribution is -0.00156. The van der Waals surface area contributed by atoms with Crippen LogP contribution in [0, 0.1) is 0 Å². The molecule has 0 rings (SSSR count). The van der Waals surface area contributed by atoms with Crippen LogP contribution in [0.5, 0.6) is 0 Å². The molecule has 0 bridgehead atoms. The third-order valence-corrected chi connectivity index (χ3v) is 2.62. The quantitative estimate of drug-likeness (QED) is 0.608. The summed E-state index contributed by atoms with van der Waals surface area (Å²) in [6.45, 7) is 12.6. The Balaban J connectivity index is 3.27. The Morgan fingerprint density at radius 2 is 1.81 bits per heavy atom. The van der Waals surface area contributed by atoms with Gasteiger partial charge in [0, 0.05) is 12.6 Å². The van der Waals surface area contributed by atoms with Crippen LogP contribution < -0.4 is 5.32 Å². The summed E-state index contributed by atoms with van der Waals surface area (Å²) in [6, 6.07) is 0.625. The average Bonchev–Trinajstić information content (AvgIpc) is 2.18. The second kappa shape index (κ2) is 9.00. The summed E-state index contributed by atoms with van der Waals surface area (Å²) < 4.78 is 5.66. The Morgan fingerprint density at radius 3 is 2.38 bits per heavy atom. The molecule has 0 aromatic heterocycles. The molecule has 1 unspecified atom stereocenters. The molecule has 98 valence electrons. The van der Waals surface area contributed by atoms with Gasteiger partial charge in [0.05, 0.1) is 12.2 Å². The van der Waals surface area contributed by atoms with Crippen LogP contribution >= 0.6 is 0 Å². The lowest BCUT2D eigenvalue weighted by Crippen LogP contribution is -2.32. The van der Waals surface area contributed by atoms with Crippen molar-refractivity contribution in [1.29, 1.82) is 0 Å². The summed E-state index contributed by atoms with van der Waals surface area (Å²) in [5.41, 5.74) is -0.00789. The lowest BCUT2D eigenvalue weighted by atomic mass is 10.1. The van der Waals surface area contributed by atoms with Gasteiger partial charge < -0.3 is 10.1 Å². The molecule has 0 aliphatic rings. The van der Waals surface area contributed by atoms with Gasteiger partial charge in [0.1, 0.15) is 0 Å². The van der Waals surface area contributed by atoms with E-state index in [-0.39, 0.29) is 5.60 Å². The maximum Gasteiger partial charge on any atom is 0.0599 e. The SMILES string of the molecule is CCCCCCC(C)NCCOC(C)(C)C. The Bertz CT molecular complexity index is 151. The fraction of sp³-hybridized carbons (Fsp3) is 1.00. The molecule has 0 fully saturated rings. The summed E-state index contributed by atoms with van der Waals surface area (Å²) in [7, 11) is 0. The van der Waals surface area contributed by atoms with Crippen LogP contribution in [0.25, 0.3) is 0 Å². The molecular formula is C14H31NO. The molecule has 0 aromatic carbocycles. The third kappa shape index (κ3) is 12.0. The van der Waals surface area contributed by atoms with E-state index in [9.17, 15) is 0 Å². The highest BCUT2D eigenvalue weighted by atomic mass is 16.5. The van der Waals surface area contributed by atoms with Crippen LogP contribution in [-0.4, -0.2) is 24.8 Å². The first-order valence-electron chi connectivity index (χ1n) is 6.83. The van der Waals surface area contributed by atoms with E-state index in [0.29, 0.717) is 6.04 Å². The van der Waals surface area contributed by atoms with E-state index in [1.807, 2.05) is 0 Å². The van der Waals surface area contributed by atoms with Gasteiger partial charge in [0.2, 0.25) is 0 Å². The fourth-order valence-electron chi connectivity index (χ4n) is 1.64. The summed E-state index contributed by atoms with van der Waals surface area (Å²) in [4.78, 5) is 0. The van der Waals surface area contributed by atoms with Crippen molar-refractivity contribution in [3.8, 4) is 0 Å². The maximum atomic E-state index is 5.66. The molecule has 0 saturated carbocycles. The smallest absolute Gasteiger partial charge is 0.0599 e. The van der Waals surface area contributed by atoms with Crippen molar-refractivity contribution in [2.24, 2.45) is 0 Å². The molecule has 2 nitrogen and oxygen atoms in total. The predicted octanol–water partition coefficient (Wildman–Crippen LogP) is 3.75. The second-order valence-electron chi connectivity index (χ2n) is 5.67. The molecule has 0 aliphatic carbocycles. The van der Waals surface area contributed by atoms with Gasteiger partial charge in [-0.15, -0.1) is 0 Å². The van der Waals surface area contributed by atoms with Crippen LogP contribution in [0.2, 0.25) is 0 Å². The zero-order valence-corrected chi connectivity index (χ0v) is 11.9. The summed E-state index contributed by atoms with van der Waals surface area (Å²) in [6.07, 6.45) is 6.71. The highest BCUT2D eigenvalue weighted by molar-refractivity contribution is 4.63. The van der Waals surface area contributed by atoms with Crippen LogP contribution in [0.3, 0.4) is 0 Å². The number of nitrogens with one attached hydrogen (secondary N) is 1. The monoisotopic (exact) mass is 229 g/mol. The van der Waals surface area contributed by atoms with Crippen LogP contribution in [0.15, 0.2) is 0 Å². The Kier molecular flexibility index (Phi) is 8.96. The van der Waals surface area contributed by atoms with Crippen molar-refractivity contribution in [2.45, 2.75) is 78.4 Å². The Morgan fingerprint density at radius 1 is 1.12 bits per heavy atom. The number of hydrogen-bond donors (Lipinski definition) is 1. The summed E-state index contributed by atoms with van der Waals surface area (Å²) in [5, 5.41) is 3.51. The topological polar surface area (TPSA) is 21.3 Å². The summed E-state index contributed by atoms with van der Waals surface area (Å²) >= 11 is 0. The fourth-order valence-corrected chi connectivity index (χ4v) is 1.64.